The van der Waals surface area contributed by atoms with Gasteiger partial charge in [0.15, 0.2) is 0 Å². The van der Waals surface area contributed by atoms with E-state index in [2.05, 4.69) is 26.1 Å². The van der Waals surface area contributed by atoms with Crippen molar-refractivity contribution in [1.29, 1.82) is 0 Å². The summed E-state index contributed by atoms with van der Waals surface area (Å²) in [5.74, 6) is 0. The van der Waals surface area contributed by atoms with Crippen molar-refractivity contribution in [3.63, 3.8) is 0 Å². The maximum Gasteiger partial charge on any atom is 0.0843 e. The number of halogens is 1. The zero-order valence-corrected chi connectivity index (χ0v) is 10.2. The van der Waals surface area contributed by atoms with Gasteiger partial charge in [0.05, 0.1) is 40.5 Å². The van der Waals surface area contributed by atoms with Crippen molar-refractivity contribution < 1.29 is 0 Å². The standard InChI is InChI=1S/C9H12BrN5/c1-6-8(11)4-13-15(6)5-9-7(10)3-12-14(9)2/h3-4H,5,11H2,1-2H3. The van der Waals surface area contributed by atoms with Crippen LogP contribution in [0.2, 0.25) is 0 Å². The summed E-state index contributed by atoms with van der Waals surface area (Å²) in [6.45, 7) is 2.62. The van der Waals surface area contributed by atoms with Gasteiger partial charge in [0, 0.05) is 7.05 Å². The lowest BCUT2D eigenvalue weighted by molar-refractivity contribution is 0.606. The fourth-order valence-electron chi connectivity index (χ4n) is 1.38. The third-order valence-electron chi connectivity index (χ3n) is 2.45. The Hall–Kier alpha value is -1.30. The minimum atomic E-state index is 0.667. The highest BCUT2D eigenvalue weighted by atomic mass is 79.9. The Morgan fingerprint density at radius 3 is 2.60 bits per heavy atom. The van der Waals surface area contributed by atoms with Crippen molar-refractivity contribution >= 4 is 21.6 Å². The van der Waals surface area contributed by atoms with E-state index in [1.165, 1.54) is 0 Å². The van der Waals surface area contributed by atoms with Gasteiger partial charge in [0.1, 0.15) is 0 Å². The number of nitrogens with zero attached hydrogens (tertiary/aromatic N) is 4. The molecule has 0 amide bonds. The van der Waals surface area contributed by atoms with E-state index >= 15 is 0 Å². The summed E-state index contributed by atoms with van der Waals surface area (Å²) < 4.78 is 4.66. The van der Waals surface area contributed by atoms with Crippen LogP contribution in [0.5, 0.6) is 0 Å². The first-order valence-electron chi connectivity index (χ1n) is 4.54. The summed E-state index contributed by atoms with van der Waals surface area (Å²) in [5, 5.41) is 8.35. The predicted molar refractivity (Wildman–Crippen MR) is 61.4 cm³/mol. The average Bonchev–Trinajstić information content (AvgIpc) is 2.68. The third kappa shape index (κ3) is 1.77. The van der Waals surface area contributed by atoms with Crippen LogP contribution in [0.15, 0.2) is 16.9 Å². The van der Waals surface area contributed by atoms with E-state index < -0.39 is 0 Å². The molecule has 6 heteroatoms. The number of rotatable bonds is 2. The Kier molecular flexibility index (Phi) is 2.52. The summed E-state index contributed by atoms with van der Waals surface area (Å²) in [7, 11) is 1.91. The van der Waals surface area contributed by atoms with Crippen LogP contribution in [-0.4, -0.2) is 19.6 Å². The van der Waals surface area contributed by atoms with Gasteiger partial charge in [-0.2, -0.15) is 10.2 Å². The van der Waals surface area contributed by atoms with Crippen LogP contribution in [0.25, 0.3) is 0 Å². The van der Waals surface area contributed by atoms with E-state index in [1.54, 1.807) is 12.4 Å². The lowest BCUT2D eigenvalue weighted by Gasteiger charge is -2.05. The smallest absolute Gasteiger partial charge is 0.0843 e. The van der Waals surface area contributed by atoms with Gasteiger partial charge in [-0.1, -0.05) is 0 Å². The molecule has 2 aromatic heterocycles. The zero-order chi connectivity index (χ0) is 11.0. The second kappa shape index (κ2) is 3.69. The summed E-state index contributed by atoms with van der Waals surface area (Å²) >= 11 is 3.45. The molecule has 80 valence electrons. The van der Waals surface area contributed by atoms with Gasteiger partial charge in [0.25, 0.3) is 0 Å². The molecule has 0 aliphatic rings. The Morgan fingerprint density at radius 1 is 1.40 bits per heavy atom. The van der Waals surface area contributed by atoms with Gasteiger partial charge in [-0.3, -0.25) is 9.36 Å². The van der Waals surface area contributed by atoms with Gasteiger partial charge in [-0.25, -0.2) is 0 Å². The first kappa shape index (κ1) is 10.2. The molecule has 0 bridgehead atoms. The highest BCUT2D eigenvalue weighted by Gasteiger charge is 2.09. The molecule has 0 atom stereocenters. The first-order chi connectivity index (χ1) is 7.09. The zero-order valence-electron chi connectivity index (χ0n) is 8.61. The monoisotopic (exact) mass is 269 g/mol. The minimum absolute atomic E-state index is 0.667. The second-order valence-corrected chi connectivity index (χ2v) is 4.26. The van der Waals surface area contributed by atoms with E-state index in [4.69, 9.17) is 5.73 Å². The number of nitrogen functional groups attached to an aromatic ring is 1. The van der Waals surface area contributed by atoms with Gasteiger partial charge in [0.2, 0.25) is 0 Å². The highest BCUT2D eigenvalue weighted by molar-refractivity contribution is 9.10. The molecule has 2 aromatic rings. The fraction of sp³-hybridized carbons (Fsp3) is 0.333. The molecular weight excluding hydrogens is 258 g/mol. The molecule has 0 aromatic carbocycles. The van der Waals surface area contributed by atoms with Crippen LogP contribution in [0.4, 0.5) is 5.69 Å². The Morgan fingerprint density at radius 2 is 2.13 bits per heavy atom. The van der Waals surface area contributed by atoms with Gasteiger partial charge >= 0.3 is 0 Å². The summed E-state index contributed by atoms with van der Waals surface area (Å²) in [6.07, 6.45) is 3.44. The van der Waals surface area contributed by atoms with Crippen molar-refractivity contribution in [3.05, 3.63) is 28.3 Å². The summed E-state index contributed by atoms with van der Waals surface area (Å²) in [4.78, 5) is 0. The highest BCUT2D eigenvalue weighted by Crippen LogP contribution is 2.18. The van der Waals surface area contributed by atoms with Crippen LogP contribution < -0.4 is 5.73 Å². The van der Waals surface area contributed by atoms with Crippen molar-refractivity contribution in [2.45, 2.75) is 13.5 Å². The number of hydrogen-bond acceptors (Lipinski definition) is 3. The average molecular weight is 270 g/mol. The van der Waals surface area contributed by atoms with Crippen molar-refractivity contribution in [2.24, 2.45) is 7.05 Å². The van der Waals surface area contributed by atoms with E-state index in [-0.39, 0.29) is 0 Å². The molecule has 2 rings (SSSR count). The number of aryl methyl sites for hydroxylation is 1. The normalized spacial score (nSPS) is 10.9. The lowest BCUT2D eigenvalue weighted by atomic mass is 10.4. The van der Waals surface area contributed by atoms with E-state index in [1.807, 2.05) is 23.3 Å². The number of nitrogens with two attached hydrogens (primary N) is 1. The van der Waals surface area contributed by atoms with Crippen LogP contribution in [0.3, 0.4) is 0 Å². The molecule has 0 saturated carbocycles. The molecule has 2 heterocycles. The van der Waals surface area contributed by atoms with Crippen molar-refractivity contribution in [1.82, 2.24) is 19.6 Å². The number of hydrogen-bond donors (Lipinski definition) is 1. The van der Waals surface area contributed by atoms with Crippen LogP contribution in [-0.2, 0) is 13.6 Å². The lowest BCUT2D eigenvalue weighted by Crippen LogP contribution is -2.09. The third-order valence-corrected chi connectivity index (χ3v) is 3.11. The first-order valence-corrected chi connectivity index (χ1v) is 5.33. The molecule has 2 N–H and O–H groups in total. The topological polar surface area (TPSA) is 61.7 Å². The maximum absolute atomic E-state index is 5.73. The summed E-state index contributed by atoms with van der Waals surface area (Å²) in [6, 6.07) is 0. The predicted octanol–water partition coefficient (Wildman–Crippen LogP) is 1.32. The minimum Gasteiger partial charge on any atom is -0.396 e. The van der Waals surface area contributed by atoms with Crippen LogP contribution >= 0.6 is 15.9 Å². The molecule has 0 fully saturated rings. The molecule has 0 unspecified atom stereocenters. The van der Waals surface area contributed by atoms with Gasteiger partial charge in [-0.15, -0.1) is 0 Å². The summed E-state index contributed by atoms with van der Waals surface area (Å²) in [5.41, 5.74) is 8.49. The molecule has 0 radical (unpaired) electrons. The number of anilines is 1. The molecule has 15 heavy (non-hydrogen) atoms. The van der Waals surface area contributed by atoms with Crippen molar-refractivity contribution in [2.75, 3.05) is 5.73 Å². The Balaban J connectivity index is 2.33. The molecular formula is C9H12BrN5. The fourth-order valence-corrected chi connectivity index (χ4v) is 1.85. The van der Waals surface area contributed by atoms with E-state index in [9.17, 15) is 0 Å². The number of aromatic nitrogens is 4. The quantitative estimate of drug-likeness (QED) is 0.895. The Bertz CT molecular complexity index is 465. The molecule has 5 nitrogen and oxygen atoms in total. The second-order valence-electron chi connectivity index (χ2n) is 3.41. The van der Waals surface area contributed by atoms with E-state index in [0.717, 1.165) is 15.9 Å². The Labute approximate surface area is 96.0 Å². The van der Waals surface area contributed by atoms with E-state index in [0.29, 0.717) is 12.2 Å². The molecule has 0 spiro atoms. The molecule has 0 aliphatic heterocycles. The van der Waals surface area contributed by atoms with Crippen LogP contribution in [0.1, 0.15) is 11.4 Å². The molecule has 0 saturated heterocycles. The van der Waals surface area contributed by atoms with Crippen molar-refractivity contribution in [3.8, 4) is 0 Å². The van der Waals surface area contributed by atoms with Crippen LogP contribution in [0, 0.1) is 6.92 Å². The largest absolute Gasteiger partial charge is 0.396 e. The molecule has 0 aliphatic carbocycles. The van der Waals surface area contributed by atoms with Gasteiger partial charge < -0.3 is 5.73 Å². The maximum atomic E-state index is 5.73. The SMILES string of the molecule is Cc1c(N)cnn1Cc1c(Br)cnn1C. The van der Waals surface area contributed by atoms with Gasteiger partial charge in [-0.05, 0) is 22.9 Å².